The van der Waals surface area contributed by atoms with Crippen molar-refractivity contribution in [2.75, 3.05) is 4.90 Å². The molecule has 0 bridgehead atoms. The summed E-state index contributed by atoms with van der Waals surface area (Å²) in [7, 11) is 0. The summed E-state index contributed by atoms with van der Waals surface area (Å²) in [4.78, 5) is 5.76. The third kappa shape index (κ3) is 4.24. The molecule has 0 saturated carbocycles. The molecule has 0 radical (unpaired) electrons. The van der Waals surface area contributed by atoms with E-state index >= 15 is 0 Å². The van der Waals surface area contributed by atoms with Gasteiger partial charge in [-0.1, -0.05) is 31.4 Å². The van der Waals surface area contributed by atoms with E-state index in [4.69, 9.17) is 5.84 Å². The summed E-state index contributed by atoms with van der Waals surface area (Å²) in [6, 6.07) is 14.4. The van der Waals surface area contributed by atoms with Crippen LogP contribution in [0.2, 0.25) is 0 Å². The minimum atomic E-state index is -0.419. The first-order valence-corrected chi connectivity index (χ1v) is 8.56. The van der Waals surface area contributed by atoms with Gasteiger partial charge in [-0.2, -0.15) is 0 Å². The Morgan fingerprint density at radius 1 is 1.00 bits per heavy atom. The highest BCUT2D eigenvalue weighted by Gasteiger charge is 2.16. The predicted octanol–water partition coefficient (Wildman–Crippen LogP) is 4.47. The molecule has 0 amide bonds. The van der Waals surface area contributed by atoms with Crippen molar-refractivity contribution in [3.63, 3.8) is 0 Å². The van der Waals surface area contributed by atoms with E-state index in [9.17, 15) is 8.78 Å². The summed E-state index contributed by atoms with van der Waals surface area (Å²) in [5.74, 6) is 4.53. The zero-order valence-corrected chi connectivity index (χ0v) is 15.2. The molecule has 0 aliphatic carbocycles. The highest BCUT2D eigenvalue weighted by molar-refractivity contribution is 5.77. The van der Waals surface area contributed by atoms with Crippen molar-refractivity contribution >= 4 is 17.1 Å². The maximum atomic E-state index is 14.7. The lowest BCUT2D eigenvalue weighted by atomic mass is 10.1. The van der Waals surface area contributed by atoms with Crippen molar-refractivity contribution in [1.29, 1.82) is 0 Å². The number of halogens is 2. The molecule has 142 valence electrons. The molecular weight excluding hydrogens is 358 g/mol. The average molecular weight is 378 g/mol. The van der Waals surface area contributed by atoms with E-state index in [2.05, 4.69) is 23.6 Å². The molecule has 0 unspecified atom stereocenters. The molecule has 3 N–H and O–H groups in total. The molecule has 6 heteroatoms. The monoisotopic (exact) mass is 378 g/mol. The van der Waals surface area contributed by atoms with Gasteiger partial charge >= 0.3 is 0 Å². The Balaban J connectivity index is 1.98. The van der Waals surface area contributed by atoms with Crippen LogP contribution in [0.15, 0.2) is 80.1 Å². The van der Waals surface area contributed by atoms with E-state index in [1.165, 1.54) is 18.2 Å². The van der Waals surface area contributed by atoms with Crippen LogP contribution in [-0.4, -0.2) is 4.98 Å². The number of hydrogen-bond acceptors (Lipinski definition) is 4. The second kappa shape index (κ2) is 8.45. The number of anilines is 1. The van der Waals surface area contributed by atoms with Gasteiger partial charge in [0.15, 0.2) is 0 Å². The number of benzene rings is 2. The molecule has 0 aliphatic heterocycles. The maximum absolute atomic E-state index is 14.7. The van der Waals surface area contributed by atoms with E-state index in [1.54, 1.807) is 53.7 Å². The normalized spacial score (nSPS) is 10.4. The number of aromatic nitrogens is 1. The largest absolute Gasteiger partial charge is 0.337 e. The number of hydrogen-bond donors (Lipinski definition) is 2. The second-order valence-electron chi connectivity index (χ2n) is 6.18. The third-order valence-corrected chi connectivity index (χ3v) is 4.36. The molecule has 0 atom stereocenters. The molecule has 2 aromatic carbocycles. The lowest BCUT2D eigenvalue weighted by molar-refractivity contribution is 0.608. The lowest BCUT2D eigenvalue weighted by Crippen LogP contribution is -2.22. The van der Waals surface area contributed by atoms with Crippen LogP contribution in [0.5, 0.6) is 0 Å². The van der Waals surface area contributed by atoms with Crippen molar-refractivity contribution in [2.24, 2.45) is 5.84 Å². The Morgan fingerprint density at radius 2 is 1.75 bits per heavy atom. The molecule has 4 nitrogen and oxygen atoms in total. The van der Waals surface area contributed by atoms with Crippen LogP contribution < -0.4 is 16.2 Å². The van der Waals surface area contributed by atoms with Crippen LogP contribution in [-0.2, 0) is 6.54 Å². The fourth-order valence-electron chi connectivity index (χ4n) is 2.80. The molecule has 0 spiro atoms. The minimum absolute atomic E-state index is 0.166. The highest BCUT2D eigenvalue weighted by atomic mass is 19.1. The zero-order chi connectivity index (χ0) is 20.1. The topological polar surface area (TPSA) is 54.2 Å². The summed E-state index contributed by atoms with van der Waals surface area (Å²) >= 11 is 0. The standard InChI is InChI=1S/C22H20F2N4/c1-15(27-25)18-6-7-19(22(24)12-18)14-28(21-5-3-4-20(23)13-21)16(2)17-8-10-26-11-9-17/h3-13,27H,1-2,14,25H2. The number of nitrogens with zero attached hydrogens (tertiary/aromatic N) is 2. The van der Waals surface area contributed by atoms with Gasteiger partial charge < -0.3 is 10.3 Å². The highest BCUT2D eigenvalue weighted by Crippen LogP contribution is 2.28. The molecule has 3 aromatic rings. The van der Waals surface area contributed by atoms with Crippen molar-refractivity contribution in [3.05, 3.63) is 108 Å². The SMILES string of the molecule is C=C(NN)c1ccc(CN(C(=C)c2ccncc2)c2cccc(F)c2)c(F)c1. The van der Waals surface area contributed by atoms with Crippen LogP contribution in [0.4, 0.5) is 14.5 Å². The van der Waals surface area contributed by atoms with Crippen molar-refractivity contribution in [2.45, 2.75) is 6.54 Å². The van der Waals surface area contributed by atoms with Crippen LogP contribution in [0.3, 0.4) is 0 Å². The smallest absolute Gasteiger partial charge is 0.128 e. The summed E-state index contributed by atoms with van der Waals surface area (Å²) in [5, 5.41) is 0. The summed E-state index contributed by atoms with van der Waals surface area (Å²) in [6.07, 6.45) is 3.29. The average Bonchev–Trinajstić information content (AvgIpc) is 2.72. The molecule has 0 fully saturated rings. The lowest BCUT2D eigenvalue weighted by Gasteiger charge is -2.27. The Morgan fingerprint density at radius 3 is 2.39 bits per heavy atom. The van der Waals surface area contributed by atoms with E-state index in [0.29, 0.717) is 28.2 Å². The van der Waals surface area contributed by atoms with E-state index in [0.717, 1.165) is 5.56 Å². The van der Waals surface area contributed by atoms with Crippen LogP contribution in [0, 0.1) is 11.6 Å². The van der Waals surface area contributed by atoms with Gasteiger partial charge in [0.1, 0.15) is 11.6 Å². The number of nitrogens with one attached hydrogen (secondary N) is 1. The summed E-state index contributed by atoms with van der Waals surface area (Å²) in [6.45, 7) is 8.02. The minimum Gasteiger partial charge on any atom is -0.337 e. The van der Waals surface area contributed by atoms with Crippen LogP contribution in [0.1, 0.15) is 16.7 Å². The molecule has 28 heavy (non-hydrogen) atoms. The van der Waals surface area contributed by atoms with E-state index < -0.39 is 5.82 Å². The van der Waals surface area contributed by atoms with Crippen LogP contribution >= 0.6 is 0 Å². The fraction of sp³-hybridized carbons (Fsp3) is 0.0455. The van der Waals surface area contributed by atoms with Gasteiger partial charge in [-0.3, -0.25) is 10.8 Å². The number of pyridine rings is 1. The molecule has 1 aromatic heterocycles. The first kappa shape index (κ1) is 19.3. The molecule has 0 aliphatic rings. The predicted molar refractivity (Wildman–Crippen MR) is 109 cm³/mol. The van der Waals surface area contributed by atoms with Crippen molar-refractivity contribution in [3.8, 4) is 0 Å². The Bertz CT molecular complexity index is 1000. The van der Waals surface area contributed by atoms with Crippen molar-refractivity contribution < 1.29 is 8.78 Å². The zero-order valence-electron chi connectivity index (χ0n) is 15.2. The van der Waals surface area contributed by atoms with Crippen LogP contribution in [0.25, 0.3) is 11.4 Å². The summed E-state index contributed by atoms with van der Waals surface area (Å²) in [5.41, 5.74) is 5.76. The summed E-state index contributed by atoms with van der Waals surface area (Å²) < 4.78 is 28.5. The van der Waals surface area contributed by atoms with Gasteiger partial charge in [0.25, 0.3) is 0 Å². The van der Waals surface area contributed by atoms with Gasteiger partial charge in [0.2, 0.25) is 0 Å². The molecule has 0 saturated heterocycles. The first-order chi connectivity index (χ1) is 13.5. The number of rotatable bonds is 7. The van der Waals surface area contributed by atoms with Gasteiger partial charge in [-0.15, -0.1) is 0 Å². The molecule has 3 rings (SSSR count). The quantitative estimate of drug-likeness (QED) is 0.470. The third-order valence-electron chi connectivity index (χ3n) is 4.36. The first-order valence-electron chi connectivity index (χ1n) is 8.56. The second-order valence-corrected chi connectivity index (χ2v) is 6.18. The van der Waals surface area contributed by atoms with Crippen molar-refractivity contribution in [1.82, 2.24) is 10.4 Å². The van der Waals surface area contributed by atoms with Gasteiger partial charge in [0, 0.05) is 46.2 Å². The van der Waals surface area contributed by atoms with Gasteiger partial charge in [-0.25, -0.2) is 8.78 Å². The fourth-order valence-corrected chi connectivity index (χ4v) is 2.80. The van der Waals surface area contributed by atoms with E-state index in [1.807, 2.05) is 0 Å². The van der Waals surface area contributed by atoms with Gasteiger partial charge in [0.05, 0.1) is 6.54 Å². The number of hydrazine groups is 1. The maximum Gasteiger partial charge on any atom is 0.128 e. The Labute approximate surface area is 162 Å². The number of nitrogens with two attached hydrogens (primary N) is 1. The Hall–Kier alpha value is -3.51. The molecule has 1 heterocycles. The Kier molecular flexibility index (Phi) is 5.81. The molecular formula is C22H20F2N4. The van der Waals surface area contributed by atoms with E-state index in [-0.39, 0.29) is 12.4 Å². The van der Waals surface area contributed by atoms with Gasteiger partial charge in [-0.05, 0) is 36.4 Å².